The molecule has 1 rings (SSSR count). The molecule has 0 amide bonds. The number of piperidine rings is 1. The molecule has 0 aromatic heterocycles. The Bertz CT molecular complexity index is 405. The van der Waals surface area contributed by atoms with Crippen LogP contribution < -0.4 is 0 Å². The molecular weight excluding hydrogens is 240 g/mol. The van der Waals surface area contributed by atoms with Crippen LogP contribution in [0.5, 0.6) is 0 Å². The van der Waals surface area contributed by atoms with E-state index in [-0.39, 0.29) is 15.7 Å². The second-order valence-corrected chi connectivity index (χ2v) is 9.36. The van der Waals surface area contributed by atoms with Crippen molar-refractivity contribution < 1.29 is 8.42 Å². The Morgan fingerprint density at radius 1 is 1.06 bits per heavy atom. The van der Waals surface area contributed by atoms with Gasteiger partial charge in [-0.25, -0.2) is 12.7 Å². The fourth-order valence-electron chi connectivity index (χ4n) is 3.61. The van der Waals surface area contributed by atoms with Gasteiger partial charge in [0.05, 0.1) is 6.26 Å². The SMILES string of the molecule is BC1(B)CN(S(C)(=O)=O)CC(B)(B)C1(B)CCC. The molecule has 1 saturated heterocycles. The monoisotopic (exact) mass is 265 g/mol. The molecule has 98 valence electrons. The van der Waals surface area contributed by atoms with Crippen molar-refractivity contribution in [2.45, 2.75) is 35.5 Å². The van der Waals surface area contributed by atoms with Gasteiger partial charge in [-0.2, -0.15) is 0 Å². The molecule has 0 N–H and O–H groups in total. The molecule has 1 heterocycles. The van der Waals surface area contributed by atoms with Crippen LogP contribution in [0, 0.1) is 0 Å². The third-order valence-corrected chi connectivity index (χ3v) is 6.55. The Hall–Kier alpha value is 0.235. The summed E-state index contributed by atoms with van der Waals surface area (Å²) in [4.78, 5) is 0. The highest BCUT2D eigenvalue weighted by atomic mass is 32.2. The third-order valence-electron chi connectivity index (χ3n) is 5.35. The maximum atomic E-state index is 11.9. The first-order valence-corrected chi connectivity index (χ1v) is 8.67. The summed E-state index contributed by atoms with van der Waals surface area (Å²) in [7, 11) is 8.07. The number of sulfonamides is 1. The van der Waals surface area contributed by atoms with Crippen molar-refractivity contribution >= 4 is 49.3 Å². The van der Waals surface area contributed by atoms with Crippen molar-refractivity contribution in [3.8, 4) is 0 Å². The van der Waals surface area contributed by atoms with Crippen LogP contribution in [-0.2, 0) is 10.0 Å². The zero-order chi connectivity index (χ0) is 14.4. The van der Waals surface area contributed by atoms with E-state index in [0.29, 0.717) is 13.1 Å². The maximum absolute atomic E-state index is 11.9. The minimum absolute atomic E-state index is 0.00611. The zero-order valence-electron chi connectivity index (χ0n) is 13.0. The summed E-state index contributed by atoms with van der Waals surface area (Å²) in [6.45, 7) is 3.47. The second-order valence-electron chi connectivity index (χ2n) is 7.38. The van der Waals surface area contributed by atoms with Gasteiger partial charge in [0.15, 0.2) is 0 Å². The molecule has 0 spiro atoms. The normalized spacial score (nSPS) is 26.8. The average molecular weight is 264 g/mol. The predicted molar refractivity (Wildman–Crippen MR) is 92.1 cm³/mol. The summed E-state index contributed by atoms with van der Waals surface area (Å²) in [5, 5.41) is 0.150. The highest BCUT2D eigenvalue weighted by Gasteiger charge is 2.55. The molecule has 1 fully saturated rings. The van der Waals surface area contributed by atoms with Crippen LogP contribution in [0.2, 0.25) is 15.7 Å². The highest BCUT2D eigenvalue weighted by Crippen LogP contribution is 2.64. The van der Waals surface area contributed by atoms with Gasteiger partial charge in [0.25, 0.3) is 0 Å². The Morgan fingerprint density at radius 3 is 1.72 bits per heavy atom. The van der Waals surface area contributed by atoms with E-state index in [9.17, 15) is 8.42 Å². The van der Waals surface area contributed by atoms with Crippen molar-refractivity contribution in [3.05, 3.63) is 0 Å². The summed E-state index contributed by atoms with van der Waals surface area (Å²) in [5.41, 5.74) is 0. The van der Waals surface area contributed by atoms with Gasteiger partial charge in [0.2, 0.25) is 10.0 Å². The van der Waals surface area contributed by atoms with Crippen molar-refractivity contribution in [3.63, 3.8) is 0 Å². The van der Waals surface area contributed by atoms with Gasteiger partial charge < -0.3 is 0 Å². The fraction of sp³-hybridized carbons (Fsp3) is 1.00. The molecule has 9 heteroatoms. The van der Waals surface area contributed by atoms with E-state index in [1.807, 2.05) is 0 Å². The first kappa shape index (κ1) is 16.3. The first-order chi connectivity index (χ1) is 7.87. The van der Waals surface area contributed by atoms with E-state index >= 15 is 0 Å². The van der Waals surface area contributed by atoms with Crippen LogP contribution >= 0.6 is 0 Å². The minimum Gasteiger partial charge on any atom is -0.213 e. The van der Waals surface area contributed by atoms with E-state index in [1.165, 1.54) is 6.26 Å². The summed E-state index contributed by atoms with van der Waals surface area (Å²) in [6.07, 6.45) is 3.61. The van der Waals surface area contributed by atoms with Gasteiger partial charge in [0.1, 0.15) is 39.2 Å². The lowest BCUT2D eigenvalue weighted by Crippen LogP contribution is -2.58. The van der Waals surface area contributed by atoms with Gasteiger partial charge in [0, 0.05) is 13.1 Å². The smallest absolute Gasteiger partial charge is 0.211 e. The van der Waals surface area contributed by atoms with Crippen LogP contribution in [0.15, 0.2) is 0 Å². The molecule has 0 aromatic carbocycles. The summed E-state index contributed by atoms with van der Waals surface area (Å²) < 4.78 is 25.4. The predicted octanol–water partition coefficient (Wildman–Crippen LogP) is -3.38. The third kappa shape index (κ3) is 2.58. The van der Waals surface area contributed by atoms with Crippen molar-refractivity contribution in [2.24, 2.45) is 0 Å². The van der Waals surface area contributed by atoms with Gasteiger partial charge in [-0.1, -0.05) is 35.5 Å². The molecule has 3 nitrogen and oxygen atoms in total. The molecule has 0 aromatic rings. The molecule has 0 unspecified atom stereocenters. The molecule has 0 saturated carbocycles. The molecule has 1 aliphatic heterocycles. The van der Waals surface area contributed by atoms with Crippen LogP contribution in [0.1, 0.15) is 19.8 Å². The van der Waals surface area contributed by atoms with Gasteiger partial charge in [-0.05, 0) is 0 Å². The van der Waals surface area contributed by atoms with Gasteiger partial charge in [-0.3, -0.25) is 0 Å². The lowest BCUT2D eigenvalue weighted by molar-refractivity contribution is 0.236. The number of rotatable bonds is 3. The summed E-state index contributed by atoms with van der Waals surface area (Å²) in [6, 6.07) is 0. The summed E-state index contributed by atoms with van der Waals surface area (Å²) in [5.74, 6) is 0. The lowest BCUT2D eigenvalue weighted by atomic mass is 9.21. The Balaban J connectivity index is 3.22. The Morgan fingerprint density at radius 2 is 1.44 bits per heavy atom. The second kappa shape index (κ2) is 4.66. The van der Waals surface area contributed by atoms with Crippen molar-refractivity contribution in [1.29, 1.82) is 0 Å². The van der Waals surface area contributed by atoms with Crippen molar-refractivity contribution in [2.75, 3.05) is 19.3 Å². The van der Waals surface area contributed by atoms with E-state index < -0.39 is 10.0 Å². The number of hydrogen-bond acceptors (Lipinski definition) is 2. The molecule has 1 aliphatic rings. The van der Waals surface area contributed by atoms with Crippen LogP contribution in [0.25, 0.3) is 0 Å². The molecule has 0 radical (unpaired) electrons. The molecule has 0 aliphatic carbocycles. The number of nitrogens with zero attached hydrogens (tertiary/aromatic N) is 1. The number of hydrogen-bond donors (Lipinski definition) is 0. The lowest BCUT2D eigenvalue weighted by Gasteiger charge is -2.62. The van der Waals surface area contributed by atoms with E-state index in [1.54, 1.807) is 4.31 Å². The van der Waals surface area contributed by atoms with Crippen LogP contribution in [0.3, 0.4) is 0 Å². The van der Waals surface area contributed by atoms with Gasteiger partial charge >= 0.3 is 0 Å². The van der Waals surface area contributed by atoms with E-state index in [4.69, 9.17) is 0 Å². The minimum atomic E-state index is -3.10. The summed E-state index contributed by atoms with van der Waals surface area (Å²) >= 11 is 0. The standard InChI is InChI=1S/C9H24B5NO2S/c1-3-4-7(10)8(11,12)5-15(18(2,16)17)6-9(7,13)14/h3-6,10-14H2,1-2H3. The highest BCUT2D eigenvalue weighted by molar-refractivity contribution is 7.88. The fourth-order valence-corrected chi connectivity index (χ4v) is 4.73. The Labute approximate surface area is 117 Å². The maximum Gasteiger partial charge on any atom is 0.211 e. The van der Waals surface area contributed by atoms with E-state index in [0.717, 1.165) is 12.8 Å². The topological polar surface area (TPSA) is 37.4 Å². The average Bonchev–Trinajstić information content (AvgIpc) is 2.12. The molecule has 0 atom stereocenters. The first-order valence-electron chi connectivity index (χ1n) is 6.82. The molecule has 0 bridgehead atoms. The van der Waals surface area contributed by atoms with Gasteiger partial charge in [-0.15, -0.1) is 0 Å². The largest absolute Gasteiger partial charge is 0.213 e. The van der Waals surface area contributed by atoms with Crippen molar-refractivity contribution in [1.82, 2.24) is 4.31 Å². The Kier molecular flexibility index (Phi) is 4.21. The van der Waals surface area contributed by atoms with Crippen LogP contribution in [0.4, 0.5) is 0 Å². The molecule has 18 heavy (non-hydrogen) atoms. The molecular formula is C9H24B5NO2S. The quantitative estimate of drug-likeness (QED) is 0.499. The zero-order valence-corrected chi connectivity index (χ0v) is 13.8. The van der Waals surface area contributed by atoms with Crippen LogP contribution in [-0.4, -0.2) is 71.3 Å². The van der Waals surface area contributed by atoms with E-state index in [2.05, 4.69) is 46.2 Å².